The second-order valence-corrected chi connectivity index (χ2v) is 8.14. The van der Waals surface area contributed by atoms with Gasteiger partial charge in [0.15, 0.2) is 0 Å². The van der Waals surface area contributed by atoms with E-state index in [0.717, 1.165) is 0 Å². The lowest BCUT2D eigenvalue weighted by atomic mass is 10.0. The Kier molecular flexibility index (Phi) is 12.9. The quantitative estimate of drug-likeness (QED) is 0.101. The fourth-order valence-electron chi connectivity index (χ4n) is 3.16. The van der Waals surface area contributed by atoms with E-state index in [0.29, 0.717) is 24.9 Å². The van der Waals surface area contributed by atoms with E-state index in [1.54, 1.807) is 0 Å². The van der Waals surface area contributed by atoms with Crippen LogP contribution in [0.3, 0.4) is 0 Å². The normalized spacial score (nSPS) is 14.1. The van der Waals surface area contributed by atoms with Gasteiger partial charge < -0.3 is 48.5 Å². The summed E-state index contributed by atoms with van der Waals surface area (Å²) in [5, 5.41) is 34.9. The van der Waals surface area contributed by atoms with E-state index < -0.39 is 66.8 Å². The predicted octanol–water partition coefficient (Wildman–Crippen LogP) is -3.20. The Morgan fingerprint density at radius 3 is 1.94 bits per heavy atom. The number of hydrogen-bond acceptors (Lipinski definition) is 9. The fourth-order valence-corrected chi connectivity index (χ4v) is 3.16. The molecule has 1 aromatic carbocycles. The van der Waals surface area contributed by atoms with Crippen LogP contribution in [0.4, 0.5) is 0 Å². The largest absolute Gasteiger partial charge is 0.508 e. The van der Waals surface area contributed by atoms with E-state index in [1.807, 2.05) is 0 Å². The Hall–Kier alpha value is -3.75. The van der Waals surface area contributed by atoms with Gasteiger partial charge in [-0.25, -0.2) is 4.79 Å². The van der Waals surface area contributed by atoms with Gasteiger partial charge in [0, 0.05) is 6.42 Å². The summed E-state index contributed by atoms with van der Waals surface area (Å²) in [6.07, 6.45) is 0.531. The van der Waals surface area contributed by atoms with Crippen LogP contribution in [0.15, 0.2) is 24.3 Å². The number of carboxylic acids is 1. The number of nitrogens with one attached hydrogen (secondary N) is 3. The van der Waals surface area contributed by atoms with Gasteiger partial charge in [0.1, 0.15) is 23.9 Å². The second kappa shape index (κ2) is 15.3. The van der Waals surface area contributed by atoms with Crippen molar-refractivity contribution in [3.63, 3.8) is 0 Å². The molecule has 0 fully saturated rings. The molecule has 4 amide bonds. The highest BCUT2D eigenvalue weighted by Gasteiger charge is 2.30. The number of rotatable bonds is 16. The lowest BCUT2D eigenvalue weighted by Crippen LogP contribution is -2.58. The molecule has 1 aromatic rings. The van der Waals surface area contributed by atoms with Crippen molar-refractivity contribution in [2.24, 2.45) is 17.2 Å². The van der Waals surface area contributed by atoms with Gasteiger partial charge in [0.05, 0.1) is 19.1 Å². The summed E-state index contributed by atoms with van der Waals surface area (Å²) in [6.45, 7) is -0.532. The molecule has 12 N–H and O–H groups in total. The number of carbonyl (C=O) groups excluding carboxylic acids is 4. The van der Waals surface area contributed by atoms with Gasteiger partial charge in [0.2, 0.25) is 23.6 Å². The molecular formula is C22H34N6O8. The van der Waals surface area contributed by atoms with E-state index >= 15 is 0 Å². The molecule has 0 aliphatic carbocycles. The average molecular weight is 511 g/mol. The molecule has 1 rings (SSSR count). The van der Waals surface area contributed by atoms with E-state index in [2.05, 4.69) is 16.0 Å². The first kappa shape index (κ1) is 30.3. The van der Waals surface area contributed by atoms with Crippen molar-refractivity contribution in [1.29, 1.82) is 0 Å². The van der Waals surface area contributed by atoms with Crippen molar-refractivity contribution < 1.29 is 39.3 Å². The van der Waals surface area contributed by atoms with Crippen molar-refractivity contribution in [2.45, 2.75) is 56.3 Å². The Bertz CT molecular complexity index is 910. The zero-order valence-electron chi connectivity index (χ0n) is 19.7. The highest BCUT2D eigenvalue weighted by molar-refractivity contribution is 5.95. The standard InChI is InChI=1S/C22H34N6O8/c23-8-2-1-3-15(20(33)28-17(11-29)22(35)36)26-21(34)16(9-12-4-6-13(30)7-5-12)27-19(32)14(24)10-18(25)31/h4-7,14-17,29-30H,1-3,8-11,23-24H2,(H2,25,31)(H,26,34)(H,27,32)(H,28,33)(H,35,36). The maximum absolute atomic E-state index is 13.2. The van der Waals surface area contributed by atoms with Gasteiger partial charge in [-0.3, -0.25) is 19.2 Å². The first-order chi connectivity index (χ1) is 17.0. The summed E-state index contributed by atoms with van der Waals surface area (Å²) in [7, 11) is 0. The lowest BCUT2D eigenvalue weighted by Gasteiger charge is -2.25. The number of aliphatic carboxylic acids is 1. The first-order valence-corrected chi connectivity index (χ1v) is 11.2. The van der Waals surface area contributed by atoms with Gasteiger partial charge in [-0.05, 0) is 43.5 Å². The fraction of sp³-hybridized carbons (Fsp3) is 0.500. The topological polar surface area (TPSA) is 260 Å². The molecule has 0 aliphatic rings. The minimum Gasteiger partial charge on any atom is -0.508 e. The number of carboxylic acid groups (broad SMARTS) is 1. The van der Waals surface area contributed by atoms with Gasteiger partial charge in [0.25, 0.3) is 0 Å². The van der Waals surface area contributed by atoms with Gasteiger partial charge in [-0.2, -0.15) is 0 Å². The molecule has 0 heterocycles. The van der Waals surface area contributed by atoms with E-state index in [1.165, 1.54) is 24.3 Å². The number of benzene rings is 1. The number of aromatic hydroxyl groups is 1. The van der Waals surface area contributed by atoms with Crippen molar-refractivity contribution in [3.05, 3.63) is 29.8 Å². The Morgan fingerprint density at radius 1 is 0.861 bits per heavy atom. The van der Waals surface area contributed by atoms with Crippen molar-refractivity contribution >= 4 is 29.6 Å². The molecule has 0 aromatic heterocycles. The van der Waals surface area contributed by atoms with Crippen LogP contribution < -0.4 is 33.2 Å². The number of aliphatic hydroxyl groups excluding tert-OH is 1. The number of aliphatic hydroxyl groups is 1. The molecule has 14 nitrogen and oxygen atoms in total. The van der Waals surface area contributed by atoms with Gasteiger partial charge in [-0.1, -0.05) is 12.1 Å². The van der Waals surface area contributed by atoms with Crippen molar-refractivity contribution in [3.8, 4) is 5.75 Å². The second-order valence-electron chi connectivity index (χ2n) is 8.14. The zero-order valence-corrected chi connectivity index (χ0v) is 19.7. The number of carbonyl (C=O) groups is 5. The summed E-state index contributed by atoms with van der Waals surface area (Å²) in [4.78, 5) is 60.6. The molecule has 0 radical (unpaired) electrons. The maximum Gasteiger partial charge on any atom is 0.328 e. The molecule has 0 saturated heterocycles. The summed E-state index contributed by atoms with van der Waals surface area (Å²) < 4.78 is 0. The van der Waals surface area contributed by atoms with Gasteiger partial charge >= 0.3 is 5.97 Å². The zero-order chi connectivity index (χ0) is 27.3. The molecule has 0 saturated carbocycles. The minimum atomic E-state index is -1.58. The third-order valence-electron chi connectivity index (χ3n) is 5.14. The molecule has 4 unspecified atom stereocenters. The molecule has 0 aliphatic heterocycles. The molecule has 4 atom stereocenters. The van der Waals surface area contributed by atoms with Crippen LogP contribution in [-0.4, -0.2) is 82.2 Å². The summed E-state index contributed by atoms with van der Waals surface area (Å²) in [6, 6.07) is 0.469. The predicted molar refractivity (Wildman–Crippen MR) is 127 cm³/mol. The molecular weight excluding hydrogens is 476 g/mol. The van der Waals surface area contributed by atoms with Crippen LogP contribution in [0.5, 0.6) is 5.75 Å². The Balaban J connectivity index is 3.11. The lowest BCUT2D eigenvalue weighted by molar-refractivity contribution is -0.143. The summed E-state index contributed by atoms with van der Waals surface area (Å²) in [5.41, 5.74) is 16.8. The third kappa shape index (κ3) is 10.7. The Labute approximate surface area is 207 Å². The van der Waals surface area contributed by atoms with Crippen LogP contribution in [0.25, 0.3) is 0 Å². The average Bonchev–Trinajstić information content (AvgIpc) is 2.81. The van der Waals surface area contributed by atoms with Crippen molar-refractivity contribution in [1.82, 2.24) is 16.0 Å². The number of hydrogen-bond donors (Lipinski definition) is 9. The maximum atomic E-state index is 13.2. The SMILES string of the molecule is NCCCCC(NC(=O)C(Cc1ccc(O)cc1)NC(=O)C(N)CC(N)=O)C(=O)NC(CO)C(=O)O. The van der Waals surface area contributed by atoms with Crippen molar-refractivity contribution in [2.75, 3.05) is 13.2 Å². The molecule has 14 heteroatoms. The summed E-state index contributed by atoms with van der Waals surface area (Å²) in [5.74, 6) is -4.75. The molecule has 36 heavy (non-hydrogen) atoms. The highest BCUT2D eigenvalue weighted by atomic mass is 16.4. The molecule has 0 spiro atoms. The smallest absolute Gasteiger partial charge is 0.328 e. The number of unbranched alkanes of at least 4 members (excludes halogenated alkanes) is 1. The molecule has 200 valence electrons. The van der Waals surface area contributed by atoms with E-state index in [9.17, 15) is 34.2 Å². The van der Waals surface area contributed by atoms with E-state index in [-0.39, 0.29) is 18.6 Å². The number of primary amides is 1. The number of phenolic OH excluding ortho intramolecular Hbond substituents is 1. The summed E-state index contributed by atoms with van der Waals surface area (Å²) >= 11 is 0. The minimum absolute atomic E-state index is 0.0132. The van der Waals surface area contributed by atoms with Crippen LogP contribution in [-0.2, 0) is 30.4 Å². The molecule has 0 bridgehead atoms. The number of phenols is 1. The third-order valence-corrected chi connectivity index (χ3v) is 5.14. The first-order valence-electron chi connectivity index (χ1n) is 11.2. The van der Waals surface area contributed by atoms with Crippen LogP contribution in [0, 0.1) is 0 Å². The number of nitrogens with two attached hydrogens (primary N) is 3. The van der Waals surface area contributed by atoms with Crippen LogP contribution in [0.1, 0.15) is 31.2 Å². The van der Waals surface area contributed by atoms with Crippen LogP contribution >= 0.6 is 0 Å². The number of amides is 4. The van der Waals surface area contributed by atoms with Crippen LogP contribution in [0.2, 0.25) is 0 Å². The Morgan fingerprint density at radius 2 is 1.42 bits per heavy atom. The highest BCUT2D eigenvalue weighted by Crippen LogP contribution is 2.12. The monoisotopic (exact) mass is 510 g/mol. The van der Waals surface area contributed by atoms with Gasteiger partial charge in [-0.15, -0.1) is 0 Å². The van der Waals surface area contributed by atoms with E-state index in [4.69, 9.17) is 22.3 Å².